The van der Waals surface area contributed by atoms with Crippen LogP contribution in [0.5, 0.6) is 5.75 Å². The third kappa shape index (κ3) is 3.02. The number of oxazole rings is 1. The number of hydrogen-bond acceptors (Lipinski definition) is 5. The Kier molecular flexibility index (Phi) is 4.17. The fourth-order valence-electron chi connectivity index (χ4n) is 4.22. The molecule has 148 valence electrons. The van der Waals surface area contributed by atoms with Crippen LogP contribution in [0.3, 0.4) is 0 Å². The fraction of sp³-hybridized carbons (Fsp3) is 0.350. The lowest BCUT2D eigenvalue weighted by Gasteiger charge is -2.56. The number of hydrogen-bond donors (Lipinski definition) is 1. The SMILES string of the molecule is CN1CC(C)(C(O)(c2ccc(OC(F)(F)F)cc2)c2ccc3ocnc3c2)C1. The first-order valence-electron chi connectivity index (χ1n) is 8.72. The van der Waals surface area contributed by atoms with E-state index in [1.807, 2.05) is 14.0 Å². The van der Waals surface area contributed by atoms with Crippen molar-refractivity contribution in [2.45, 2.75) is 18.9 Å². The van der Waals surface area contributed by atoms with E-state index in [0.717, 1.165) is 0 Å². The molecule has 1 saturated heterocycles. The fourth-order valence-corrected chi connectivity index (χ4v) is 4.22. The van der Waals surface area contributed by atoms with Crippen molar-refractivity contribution in [1.82, 2.24) is 9.88 Å². The van der Waals surface area contributed by atoms with Gasteiger partial charge in [0, 0.05) is 18.5 Å². The second-order valence-electron chi connectivity index (χ2n) is 7.55. The molecule has 3 aromatic rings. The maximum absolute atomic E-state index is 12.5. The molecule has 1 unspecified atom stereocenters. The number of aliphatic hydroxyl groups is 1. The van der Waals surface area contributed by atoms with Crippen LogP contribution in [0.4, 0.5) is 13.2 Å². The molecule has 1 fully saturated rings. The second-order valence-corrected chi connectivity index (χ2v) is 7.55. The number of halogens is 3. The minimum absolute atomic E-state index is 0.332. The molecule has 0 bridgehead atoms. The van der Waals surface area contributed by atoms with Crippen LogP contribution in [0.1, 0.15) is 18.1 Å². The molecule has 1 N–H and O–H groups in total. The highest BCUT2D eigenvalue weighted by Crippen LogP contribution is 2.50. The highest BCUT2D eigenvalue weighted by Gasteiger charge is 2.55. The molecule has 0 aliphatic carbocycles. The van der Waals surface area contributed by atoms with Gasteiger partial charge in [-0.2, -0.15) is 0 Å². The van der Waals surface area contributed by atoms with Gasteiger partial charge in [-0.25, -0.2) is 4.98 Å². The Hall–Kier alpha value is -2.58. The summed E-state index contributed by atoms with van der Waals surface area (Å²) >= 11 is 0. The summed E-state index contributed by atoms with van der Waals surface area (Å²) in [5, 5.41) is 11.9. The van der Waals surface area contributed by atoms with Crippen LogP contribution < -0.4 is 4.74 Å². The summed E-state index contributed by atoms with van der Waals surface area (Å²) in [5.74, 6) is -0.332. The molecule has 0 radical (unpaired) electrons. The molecule has 8 heteroatoms. The van der Waals surface area contributed by atoms with Crippen LogP contribution in [-0.4, -0.2) is 41.5 Å². The quantitative estimate of drug-likeness (QED) is 0.730. The Balaban J connectivity index is 1.79. The zero-order chi connectivity index (χ0) is 20.2. The predicted octanol–water partition coefficient (Wildman–Crippen LogP) is 3.91. The average molecular weight is 392 g/mol. The van der Waals surface area contributed by atoms with E-state index in [4.69, 9.17) is 4.42 Å². The molecule has 1 aliphatic heterocycles. The topological polar surface area (TPSA) is 58.7 Å². The molecule has 0 amide bonds. The number of rotatable bonds is 4. The molecule has 5 nitrogen and oxygen atoms in total. The number of aromatic nitrogens is 1. The van der Waals surface area contributed by atoms with Gasteiger partial charge in [0.05, 0.1) is 0 Å². The van der Waals surface area contributed by atoms with Crippen molar-refractivity contribution in [3.8, 4) is 5.75 Å². The van der Waals surface area contributed by atoms with Crippen LogP contribution in [-0.2, 0) is 5.60 Å². The van der Waals surface area contributed by atoms with Crippen molar-refractivity contribution in [2.75, 3.05) is 20.1 Å². The summed E-state index contributed by atoms with van der Waals surface area (Å²) < 4.78 is 46.6. The molecule has 0 saturated carbocycles. The molecule has 1 aromatic heterocycles. The van der Waals surface area contributed by atoms with E-state index in [0.29, 0.717) is 35.3 Å². The Morgan fingerprint density at radius 1 is 1.11 bits per heavy atom. The van der Waals surface area contributed by atoms with Crippen molar-refractivity contribution in [2.24, 2.45) is 5.41 Å². The van der Waals surface area contributed by atoms with Gasteiger partial charge in [0.2, 0.25) is 0 Å². The van der Waals surface area contributed by atoms with Gasteiger partial charge in [-0.3, -0.25) is 0 Å². The standard InChI is InChI=1S/C20H19F3N2O3/c1-18(10-25(2)11-18)19(26,14-5-8-17-16(9-14)24-12-27-17)13-3-6-15(7-4-13)28-20(21,22)23/h3-9,12,26H,10-11H2,1-2H3. The molecule has 1 atom stereocenters. The monoisotopic (exact) mass is 392 g/mol. The summed E-state index contributed by atoms with van der Waals surface area (Å²) in [7, 11) is 1.95. The zero-order valence-electron chi connectivity index (χ0n) is 15.3. The lowest BCUT2D eigenvalue weighted by atomic mass is 9.62. The van der Waals surface area contributed by atoms with Gasteiger partial charge in [0.1, 0.15) is 16.9 Å². The molecular formula is C20H19F3N2O3. The van der Waals surface area contributed by atoms with Gasteiger partial charge >= 0.3 is 6.36 Å². The van der Waals surface area contributed by atoms with Gasteiger partial charge in [-0.15, -0.1) is 13.2 Å². The maximum Gasteiger partial charge on any atom is 0.573 e. The molecule has 2 aromatic carbocycles. The van der Waals surface area contributed by atoms with E-state index in [1.165, 1.54) is 30.7 Å². The molecule has 1 aliphatic rings. The third-order valence-corrected chi connectivity index (χ3v) is 5.37. The average Bonchev–Trinajstić information content (AvgIpc) is 3.06. The van der Waals surface area contributed by atoms with E-state index >= 15 is 0 Å². The van der Waals surface area contributed by atoms with Gasteiger partial charge in [0.25, 0.3) is 0 Å². The van der Waals surface area contributed by atoms with Crippen molar-refractivity contribution < 1.29 is 27.4 Å². The Bertz CT molecular complexity index is 994. The van der Waals surface area contributed by atoms with Gasteiger partial charge in [-0.05, 0) is 42.4 Å². The van der Waals surface area contributed by atoms with Crippen molar-refractivity contribution in [3.05, 3.63) is 60.0 Å². The van der Waals surface area contributed by atoms with Crippen LogP contribution in [0.15, 0.2) is 53.3 Å². The first-order chi connectivity index (χ1) is 13.1. The lowest BCUT2D eigenvalue weighted by Crippen LogP contribution is -2.63. The van der Waals surface area contributed by atoms with E-state index in [1.54, 1.807) is 18.2 Å². The third-order valence-electron chi connectivity index (χ3n) is 5.37. The van der Waals surface area contributed by atoms with Crippen LogP contribution in [0, 0.1) is 5.41 Å². The van der Waals surface area contributed by atoms with E-state index in [2.05, 4.69) is 14.6 Å². The summed E-state index contributed by atoms with van der Waals surface area (Å²) in [4.78, 5) is 6.22. The van der Waals surface area contributed by atoms with E-state index < -0.39 is 17.4 Å². The number of benzene rings is 2. The smallest absolute Gasteiger partial charge is 0.443 e. The Morgan fingerprint density at radius 2 is 1.75 bits per heavy atom. The van der Waals surface area contributed by atoms with Gasteiger partial charge in [-0.1, -0.05) is 25.1 Å². The van der Waals surface area contributed by atoms with Crippen molar-refractivity contribution in [3.63, 3.8) is 0 Å². The van der Waals surface area contributed by atoms with E-state index in [9.17, 15) is 18.3 Å². The summed E-state index contributed by atoms with van der Waals surface area (Å²) in [6.45, 7) is 3.21. The molecule has 4 rings (SSSR count). The van der Waals surface area contributed by atoms with Crippen LogP contribution in [0.25, 0.3) is 11.1 Å². The lowest BCUT2D eigenvalue weighted by molar-refractivity contribution is -0.274. The van der Waals surface area contributed by atoms with Crippen LogP contribution in [0.2, 0.25) is 0 Å². The Labute approximate surface area is 159 Å². The minimum atomic E-state index is -4.77. The number of nitrogens with zero attached hydrogens (tertiary/aromatic N) is 2. The van der Waals surface area contributed by atoms with E-state index in [-0.39, 0.29) is 5.75 Å². The molecular weight excluding hydrogens is 373 g/mol. The second kappa shape index (κ2) is 6.22. The largest absolute Gasteiger partial charge is 0.573 e. The number of alkyl halides is 3. The summed E-state index contributed by atoms with van der Waals surface area (Å²) in [6.07, 6.45) is -3.44. The minimum Gasteiger partial charge on any atom is -0.443 e. The predicted molar refractivity (Wildman–Crippen MR) is 95.7 cm³/mol. The van der Waals surface area contributed by atoms with Crippen molar-refractivity contribution in [1.29, 1.82) is 0 Å². The zero-order valence-corrected chi connectivity index (χ0v) is 15.3. The normalized spacial score (nSPS) is 19.2. The van der Waals surface area contributed by atoms with Crippen molar-refractivity contribution >= 4 is 11.1 Å². The number of ether oxygens (including phenoxy) is 1. The summed E-state index contributed by atoms with van der Waals surface area (Å²) in [6, 6.07) is 10.6. The highest BCUT2D eigenvalue weighted by molar-refractivity contribution is 5.73. The van der Waals surface area contributed by atoms with Gasteiger partial charge < -0.3 is 19.2 Å². The Morgan fingerprint density at radius 3 is 2.36 bits per heavy atom. The molecule has 2 heterocycles. The maximum atomic E-state index is 12.5. The molecule has 0 spiro atoms. The molecule has 28 heavy (non-hydrogen) atoms. The van der Waals surface area contributed by atoms with Crippen LogP contribution >= 0.6 is 0 Å². The first-order valence-corrected chi connectivity index (χ1v) is 8.72. The first kappa shape index (κ1) is 18.8. The number of fused-ring (bicyclic) bond motifs is 1. The highest BCUT2D eigenvalue weighted by atomic mass is 19.4. The van der Waals surface area contributed by atoms with Gasteiger partial charge in [0.15, 0.2) is 12.0 Å². The number of likely N-dealkylation sites (tertiary alicyclic amines) is 1. The summed E-state index contributed by atoms with van der Waals surface area (Å²) in [5.41, 5.74) is 0.323.